The van der Waals surface area contributed by atoms with E-state index < -0.39 is 5.41 Å². The quantitative estimate of drug-likeness (QED) is 0.939. The normalized spacial score (nSPS) is 11.1. The topological polar surface area (TPSA) is 61.7 Å². The lowest BCUT2D eigenvalue weighted by Gasteiger charge is -2.11. The van der Waals surface area contributed by atoms with E-state index in [2.05, 4.69) is 32.0 Å². The Balaban J connectivity index is 2.50. The zero-order chi connectivity index (χ0) is 14.0. The number of halogens is 1. The van der Waals surface area contributed by atoms with Crippen molar-refractivity contribution < 1.29 is 4.74 Å². The number of aromatic amines is 1. The van der Waals surface area contributed by atoms with E-state index in [1.54, 1.807) is 13.3 Å². The highest BCUT2D eigenvalue weighted by Crippen LogP contribution is 2.32. The number of imidazole rings is 1. The number of nitriles is 1. The van der Waals surface area contributed by atoms with Crippen molar-refractivity contribution >= 4 is 15.9 Å². The maximum absolute atomic E-state index is 9.13. The van der Waals surface area contributed by atoms with Crippen LogP contribution in [-0.4, -0.2) is 17.1 Å². The van der Waals surface area contributed by atoms with Gasteiger partial charge in [-0.1, -0.05) is 15.9 Å². The first-order valence-corrected chi connectivity index (χ1v) is 6.58. The summed E-state index contributed by atoms with van der Waals surface area (Å²) in [5.41, 5.74) is 1.10. The van der Waals surface area contributed by atoms with E-state index in [0.29, 0.717) is 5.82 Å². The van der Waals surface area contributed by atoms with Crippen molar-refractivity contribution in [2.24, 2.45) is 0 Å². The minimum Gasteiger partial charge on any atom is -0.496 e. The predicted octanol–water partition coefficient (Wildman–Crippen LogP) is 3.65. The van der Waals surface area contributed by atoms with Crippen LogP contribution in [0.5, 0.6) is 5.75 Å². The fourth-order valence-corrected chi connectivity index (χ4v) is 2.08. The summed E-state index contributed by atoms with van der Waals surface area (Å²) in [5.74, 6) is 1.40. The largest absolute Gasteiger partial charge is 0.496 e. The molecule has 1 aromatic carbocycles. The van der Waals surface area contributed by atoms with Crippen LogP contribution in [0.15, 0.2) is 28.9 Å². The molecule has 1 heterocycles. The van der Waals surface area contributed by atoms with Gasteiger partial charge in [0.1, 0.15) is 17.0 Å². The molecule has 1 aromatic heterocycles. The molecule has 5 heteroatoms. The first-order chi connectivity index (χ1) is 8.97. The average molecular weight is 320 g/mol. The minimum atomic E-state index is -0.641. The molecule has 0 atom stereocenters. The Kier molecular flexibility index (Phi) is 3.63. The molecule has 0 aliphatic carbocycles. The summed E-state index contributed by atoms with van der Waals surface area (Å²) in [7, 11) is 1.63. The number of benzene rings is 1. The predicted molar refractivity (Wildman–Crippen MR) is 76.9 cm³/mol. The third-order valence-corrected chi connectivity index (χ3v) is 3.39. The fourth-order valence-electron chi connectivity index (χ4n) is 1.72. The molecule has 0 unspecified atom stereocenters. The third-order valence-electron chi connectivity index (χ3n) is 2.90. The van der Waals surface area contributed by atoms with Crippen LogP contribution in [0.4, 0.5) is 0 Å². The Morgan fingerprint density at radius 3 is 2.79 bits per heavy atom. The Morgan fingerprint density at radius 1 is 1.42 bits per heavy atom. The van der Waals surface area contributed by atoms with Crippen LogP contribution in [0.3, 0.4) is 0 Å². The van der Waals surface area contributed by atoms with Gasteiger partial charge in [-0.25, -0.2) is 4.98 Å². The summed E-state index contributed by atoms with van der Waals surface area (Å²) in [6.45, 7) is 3.65. The van der Waals surface area contributed by atoms with E-state index in [1.165, 1.54) is 0 Å². The number of ether oxygens (including phenoxy) is 1. The Hall–Kier alpha value is -1.80. The molecule has 0 aliphatic heterocycles. The summed E-state index contributed by atoms with van der Waals surface area (Å²) < 4.78 is 6.30. The Morgan fingerprint density at radius 2 is 2.16 bits per heavy atom. The van der Waals surface area contributed by atoms with Gasteiger partial charge in [0.15, 0.2) is 0 Å². The lowest BCUT2D eigenvalue weighted by atomic mass is 9.95. The van der Waals surface area contributed by atoms with Crippen LogP contribution in [0.1, 0.15) is 19.7 Å². The number of hydrogen-bond acceptors (Lipinski definition) is 3. The molecule has 0 fully saturated rings. The molecule has 0 saturated carbocycles. The van der Waals surface area contributed by atoms with Crippen LogP contribution in [0, 0.1) is 11.3 Å². The number of rotatable bonds is 3. The molecule has 0 amide bonds. The highest BCUT2D eigenvalue weighted by molar-refractivity contribution is 9.10. The number of hydrogen-bond donors (Lipinski definition) is 1. The van der Waals surface area contributed by atoms with Crippen LogP contribution in [-0.2, 0) is 5.41 Å². The van der Waals surface area contributed by atoms with E-state index in [0.717, 1.165) is 21.5 Å². The number of aromatic nitrogens is 2. The van der Waals surface area contributed by atoms with Crippen molar-refractivity contribution in [3.8, 4) is 23.1 Å². The number of nitrogens with one attached hydrogen (secondary N) is 1. The average Bonchev–Trinajstić information content (AvgIpc) is 2.89. The van der Waals surface area contributed by atoms with Crippen LogP contribution >= 0.6 is 15.9 Å². The van der Waals surface area contributed by atoms with Crippen molar-refractivity contribution in [3.63, 3.8) is 0 Å². The lowest BCUT2D eigenvalue weighted by Crippen LogP contribution is -2.15. The molecule has 0 saturated heterocycles. The van der Waals surface area contributed by atoms with E-state index >= 15 is 0 Å². The summed E-state index contributed by atoms with van der Waals surface area (Å²) in [6, 6.07) is 7.98. The molecule has 0 aliphatic rings. The second-order valence-electron chi connectivity index (χ2n) is 4.73. The molecular weight excluding hydrogens is 306 g/mol. The Bertz CT molecular complexity index is 640. The monoisotopic (exact) mass is 319 g/mol. The van der Waals surface area contributed by atoms with Crippen molar-refractivity contribution in [2.75, 3.05) is 7.11 Å². The second kappa shape index (κ2) is 5.06. The maximum atomic E-state index is 9.13. The molecule has 2 aromatic rings. The first-order valence-electron chi connectivity index (χ1n) is 5.78. The highest BCUT2D eigenvalue weighted by atomic mass is 79.9. The molecule has 1 N–H and O–H groups in total. The van der Waals surface area contributed by atoms with E-state index in [4.69, 9.17) is 10.00 Å². The summed E-state index contributed by atoms with van der Waals surface area (Å²) >= 11 is 3.44. The van der Waals surface area contributed by atoms with E-state index in [9.17, 15) is 0 Å². The molecule has 0 spiro atoms. The third kappa shape index (κ3) is 2.64. The van der Waals surface area contributed by atoms with Crippen molar-refractivity contribution in [1.29, 1.82) is 5.26 Å². The lowest BCUT2D eigenvalue weighted by molar-refractivity contribution is 0.416. The van der Waals surface area contributed by atoms with Gasteiger partial charge < -0.3 is 9.72 Å². The van der Waals surface area contributed by atoms with Gasteiger partial charge in [-0.05, 0) is 32.0 Å². The maximum Gasteiger partial charge on any atom is 0.128 e. The molecule has 0 bridgehead atoms. The molecular formula is C14H14BrN3O. The molecule has 19 heavy (non-hydrogen) atoms. The van der Waals surface area contributed by atoms with Crippen molar-refractivity contribution in [2.45, 2.75) is 19.3 Å². The minimum absolute atomic E-state index is 0.641. The van der Waals surface area contributed by atoms with Gasteiger partial charge in [0.05, 0.1) is 25.1 Å². The van der Waals surface area contributed by atoms with Gasteiger partial charge in [-0.3, -0.25) is 0 Å². The van der Waals surface area contributed by atoms with Gasteiger partial charge in [0.25, 0.3) is 0 Å². The Labute approximate surface area is 120 Å². The molecule has 2 rings (SSSR count). The smallest absolute Gasteiger partial charge is 0.128 e. The van der Waals surface area contributed by atoms with Crippen molar-refractivity contribution in [3.05, 3.63) is 34.7 Å². The number of methoxy groups -OCH3 is 1. The molecule has 4 nitrogen and oxygen atoms in total. The zero-order valence-electron chi connectivity index (χ0n) is 11.0. The summed E-state index contributed by atoms with van der Waals surface area (Å²) in [4.78, 5) is 7.48. The standard InChI is InChI=1S/C14H14BrN3O/c1-14(2,8-16)13-17-7-11(18-13)10-6-9(15)4-5-12(10)19-3/h4-7H,1-3H3,(H,17,18). The second-order valence-corrected chi connectivity index (χ2v) is 5.64. The fraction of sp³-hybridized carbons (Fsp3) is 0.286. The van der Waals surface area contributed by atoms with Crippen molar-refractivity contribution in [1.82, 2.24) is 9.97 Å². The first kappa shape index (κ1) is 13.6. The van der Waals surface area contributed by atoms with Crippen LogP contribution < -0.4 is 4.74 Å². The molecule has 98 valence electrons. The number of nitrogens with zero attached hydrogens (tertiary/aromatic N) is 2. The summed E-state index contributed by atoms with van der Waals surface area (Å²) in [5, 5.41) is 9.13. The van der Waals surface area contributed by atoms with Crippen LogP contribution in [0.25, 0.3) is 11.3 Å². The van der Waals surface area contributed by atoms with Crippen LogP contribution in [0.2, 0.25) is 0 Å². The van der Waals surface area contributed by atoms with Gasteiger partial charge >= 0.3 is 0 Å². The van der Waals surface area contributed by atoms with Gasteiger partial charge in [-0.15, -0.1) is 0 Å². The van der Waals surface area contributed by atoms with E-state index in [1.807, 2.05) is 32.0 Å². The van der Waals surface area contributed by atoms with Gasteiger partial charge in [0, 0.05) is 10.0 Å². The van der Waals surface area contributed by atoms with E-state index in [-0.39, 0.29) is 0 Å². The zero-order valence-corrected chi connectivity index (χ0v) is 12.6. The summed E-state index contributed by atoms with van der Waals surface area (Å²) in [6.07, 6.45) is 1.72. The molecule has 0 radical (unpaired) electrons. The highest BCUT2D eigenvalue weighted by Gasteiger charge is 2.24. The SMILES string of the molecule is COc1ccc(Br)cc1-c1cnc(C(C)(C)C#N)[nH]1. The van der Waals surface area contributed by atoms with Gasteiger partial charge in [0.2, 0.25) is 0 Å². The van der Waals surface area contributed by atoms with Gasteiger partial charge in [-0.2, -0.15) is 5.26 Å². The number of H-pyrrole nitrogens is 1.